The van der Waals surface area contributed by atoms with Crippen molar-refractivity contribution in [3.8, 4) is 0 Å². The van der Waals surface area contributed by atoms with Gasteiger partial charge in [0.25, 0.3) is 0 Å². The first-order chi connectivity index (χ1) is 12.0. The molecule has 0 atom stereocenters. The van der Waals surface area contributed by atoms with Gasteiger partial charge in [0.15, 0.2) is 0 Å². The number of benzene rings is 1. The Morgan fingerprint density at radius 2 is 1.80 bits per heavy atom. The lowest BCUT2D eigenvalue weighted by Gasteiger charge is -2.32. The molecule has 0 bridgehead atoms. The van der Waals surface area contributed by atoms with Crippen LogP contribution in [0.3, 0.4) is 0 Å². The predicted molar refractivity (Wildman–Crippen MR) is 90.4 cm³/mol. The molecule has 1 N–H and O–H groups in total. The van der Waals surface area contributed by atoms with E-state index < -0.39 is 12.0 Å². The van der Waals surface area contributed by atoms with Crippen LogP contribution in [0, 0.1) is 0 Å². The second-order valence-corrected chi connectivity index (χ2v) is 6.22. The summed E-state index contributed by atoms with van der Waals surface area (Å²) in [5, 5.41) is 2.95. The first-order valence-electron chi connectivity index (χ1n) is 8.44. The molecule has 1 fully saturated rings. The molecule has 0 aliphatic carbocycles. The zero-order chi connectivity index (χ0) is 17.7. The number of nitrogens with one attached hydrogen (secondary N) is 1. The molecule has 1 aliphatic heterocycles. The number of hydrogen-bond acceptors (Lipinski definition) is 4. The molecule has 1 aromatic heterocycles. The van der Waals surface area contributed by atoms with E-state index in [9.17, 15) is 13.2 Å². The monoisotopic (exact) mass is 350 g/mol. The lowest BCUT2D eigenvalue weighted by atomic mass is 9.89. The number of nitrogens with zero attached hydrogens (tertiary/aromatic N) is 3. The van der Waals surface area contributed by atoms with Gasteiger partial charge < -0.3 is 10.2 Å². The molecule has 0 saturated carbocycles. The minimum atomic E-state index is -4.52. The van der Waals surface area contributed by atoms with Crippen LogP contribution in [0.2, 0.25) is 0 Å². The van der Waals surface area contributed by atoms with Crippen molar-refractivity contribution in [3.05, 3.63) is 54.0 Å². The van der Waals surface area contributed by atoms with Crippen molar-refractivity contribution in [1.29, 1.82) is 0 Å². The third-order valence-electron chi connectivity index (χ3n) is 4.50. The SMILES string of the molecule is FC(F)(F)c1nccc(NCCN2CCC(c3ccccc3)CC2)n1. The van der Waals surface area contributed by atoms with Crippen LogP contribution in [0.5, 0.6) is 0 Å². The standard InChI is InChI=1S/C18H21F3N4/c19-18(20,21)17-23-9-6-16(24-17)22-10-13-25-11-7-15(8-12-25)14-4-2-1-3-5-14/h1-6,9,15H,7-8,10-13H2,(H,22,23,24). The Morgan fingerprint density at radius 3 is 2.48 bits per heavy atom. The van der Waals surface area contributed by atoms with Crippen molar-refractivity contribution >= 4 is 5.82 Å². The number of halogens is 3. The largest absolute Gasteiger partial charge is 0.451 e. The summed E-state index contributed by atoms with van der Waals surface area (Å²) in [7, 11) is 0. The number of rotatable bonds is 5. The van der Waals surface area contributed by atoms with Gasteiger partial charge in [-0.2, -0.15) is 13.2 Å². The summed E-state index contributed by atoms with van der Waals surface area (Å²) < 4.78 is 37.8. The van der Waals surface area contributed by atoms with E-state index >= 15 is 0 Å². The highest BCUT2D eigenvalue weighted by atomic mass is 19.4. The Kier molecular flexibility index (Phi) is 5.53. The van der Waals surface area contributed by atoms with E-state index in [1.807, 2.05) is 6.07 Å². The Morgan fingerprint density at radius 1 is 1.08 bits per heavy atom. The molecular weight excluding hydrogens is 329 g/mol. The van der Waals surface area contributed by atoms with Gasteiger partial charge in [-0.1, -0.05) is 30.3 Å². The molecule has 3 rings (SSSR count). The molecule has 0 radical (unpaired) electrons. The van der Waals surface area contributed by atoms with E-state index in [4.69, 9.17) is 0 Å². The fraction of sp³-hybridized carbons (Fsp3) is 0.444. The summed E-state index contributed by atoms with van der Waals surface area (Å²) in [6, 6.07) is 12.0. The average Bonchev–Trinajstić information content (AvgIpc) is 2.63. The van der Waals surface area contributed by atoms with Crippen LogP contribution in [-0.2, 0) is 6.18 Å². The molecule has 7 heteroatoms. The van der Waals surface area contributed by atoms with E-state index in [2.05, 4.69) is 44.5 Å². The molecule has 2 heterocycles. The lowest BCUT2D eigenvalue weighted by molar-refractivity contribution is -0.144. The van der Waals surface area contributed by atoms with Gasteiger partial charge in [0.05, 0.1) is 0 Å². The molecule has 134 valence electrons. The second kappa shape index (κ2) is 7.82. The summed E-state index contributed by atoms with van der Waals surface area (Å²) in [5.41, 5.74) is 1.39. The number of alkyl halides is 3. The van der Waals surface area contributed by atoms with E-state index in [0.717, 1.165) is 38.7 Å². The molecule has 0 unspecified atom stereocenters. The molecule has 1 saturated heterocycles. The maximum absolute atomic E-state index is 12.6. The molecule has 1 aliphatic rings. The highest BCUT2D eigenvalue weighted by Crippen LogP contribution is 2.28. The topological polar surface area (TPSA) is 41.1 Å². The molecular formula is C18H21F3N4. The fourth-order valence-corrected chi connectivity index (χ4v) is 3.15. The van der Waals surface area contributed by atoms with E-state index in [1.165, 1.54) is 11.6 Å². The van der Waals surface area contributed by atoms with Crippen LogP contribution in [0.25, 0.3) is 0 Å². The second-order valence-electron chi connectivity index (χ2n) is 6.22. The Labute approximate surface area is 145 Å². The number of hydrogen-bond donors (Lipinski definition) is 1. The van der Waals surface area contributed by atoms with E-state index in [-0.39, 0.29) is 5.82 Å². The van der Waals surface area contributed by atoms with Gasteiger partial charge in [0, 0.05) is 19.3 Å². The fourth-order valence-electron chi connectivity index (χ4n) is 3.15. The van der Waals surface area contributed by atoms with Crippen LogP contribution in [-0.4, -0.2) is 41.0 Å². The van der Waals surface area contributed by atoms with Crippen molar-refractivity contribution < 1.29 is 13.2 Å². The summed E-state index contributed by atoms with van der Waals surface area (Å²) in [6.07, 6.45) is -1.17. The summed E-state index contributed by atoms with van der Waals surface area (Å²) in [6.45, 7) is 3.34. The zero-order valence-corrected chi connectivity index (χ0v) is 13.8. The van der Waals surface area contributed by atoms with Crippen molar-refractivity contribution in [2.24, 2.45) is 0 Å². The number of aromatic nitrogens is 2. The third kappa shape index (κ3) is 4.92. The van der Waals surface area contributed by atoms with Crippen molar-refractivity contribution in [1.82, 2.24) is 14.9 Å². The minimum Gasteiger partial charge on any atom is -0.369 e. The maximum Gasteiger partial charge on any atom is 0.451 e. The summed E-state index contributed by atoms with van der Waals surface area (Å²) >= 11 is 0. The highest BCUT2D eigenvalue weighted by Gasteiger charge is 2.34. The predicted octanol–water partition coefficient (Wildman–Crippen LogP) is 3.79. The minimum absolute atomic E-state index is 0.210. The number of piperidine rings is 1. The molecule has 0 amide bonds. The zero-order valence-electron chi connectivity index (χ0n) is 13.8. The van der Waals surface area contributed by atoms with Gasteiger partial charge in [-0.25, -0.2) is 9.97 Å². The summed E-state index contributed by atoms with van der Waals surface area (Å²) in [5.74, 6) is -0.302. The van der Waals surface area contributed by atoms with Gasteiger partial charge in [-0.3, -0.25) is 0 Å². The number of likely N-dealkylation sites (tertiary alicyclic amines) is 1. The molecule has 0 spiro atoms. The van der Waals surface area contributed by atoms with Gasteiger partial charge in [0.2, 0.25) is 5.82 Å². The van der Waals surface area contributed by atoms with Crippen LogP contribution >= 0.6 is 0 Å². The lowest BCUT2D eigenvalue weighted by Crippen LogP contribution is -2.36. The van der Waals surface area contributed by atoms with Crippen LogP contribution in [0.1, 0.15) is 30.1 Å². The molecule has 2 aromatic rings. The number of anilines is 1. The molecule has 1 aromatic carbocycles. The summed E-state index contributed by atoms with van der Waals surface area (Å²) in [4.78, 5) is 9.10. The quantitative estimate of drug-likeness (QED) is 0.891. The van der Waals surface area contributed by atoms with Crippen molar-refractivity contribution in [2.45, 2.75) is 24.9 Å². The smallest absolute Gasteiger partial charge is 0.369 e. The average molecular weight is 350 g/mol. The van der Waals surface area contributed by atoms with Crippen LogP contribution in [0.4, 0.5) is 19.0 Å². The van der Waals surface area contributed by atoms with Crippen LogP contribution in [0.15, 0.2) is 42.6 Å². The van der Waals surface area contributed by atoms with Gasteiger partial charge in [-0.15, -0.1) is 0 Å². The van der Waals surface area contributed by atoms with Crippen molar-refractivity contribution in [2.75, 3.05) is 31.5 Å². The molecule has 4 nitrogen and oxygen atoms in total. The Balaban J connectivity index is 1.43. The van der Waals surface area contributed by atoms with E-state index in [0.29, 0.717) is 12.5 Å². The maximum atomic E-state index is 12.6. The van der Waals surface area contributed by atoms with Gasteiger partial charge >= 0.3 is 6.18 Å². The highest BCUT2D eigenvalue weighted by molar-refractivity contribution is 5.33. The van der Waals surface area contributed by atoms with Crippen LogP contribution < -0.4 is 5.32 Å². The van der Waals surface area contributed by atoms with E-state index in [1.54, 1.807) is 0 Å². The van der Waals surface area contributed by atoms with Gasteiger partial charge in [-0.05, 0) is 43.5 Å². The first kappa shape index (κ1) is 17.7. The Bertz CT molecular complexity index is 668. The normalized spacial score (nSPS) is 16.8. The van der Waals surface area contributed by atoms with Gasteiger partial charge in [0.1, 0.15) is 5.82 Å². The van der Waals surface area contributed by atoms with Crippen molar-refractivity contribution in [3.63, 3.8) is 0 Å². The Hall–Kier alpha value is -2.15. The first-order valence-corrected chi connectivity index (χ1v) is 8.44. The molecule has 25 heavy (non-hydrogen) atoms. The third-order valence-corrected chi connectivity index (χ3v) is 4.50.